The second-order valence-electron chi connectivity index (χ2n) is 7.52. The molecule has 4 N–H and O–H groups in total. The SMILES string of the molecule is O=C(O)CCC/C=C\C[C@H]1[C@@H](O)C/C(=N/O)[C@@H]1/C=C/C(O)CCc1ccccc1. The summed E-state index contributed by atoms with van der Waals surface area (Å²) in [6.07, 6.45) is 9.88. The summed E-state index contributed by atoms with van der Waals surface area (Å²) in [7, 11) is 0. The van der Waals surface area contributed by atoms with Crippen LogP contribution in [0.15, 0.2) is 59.8 Å². The van der Waals surface area contributed by atoms with E-state index in [0.29, 0.717) is 37.8 Å². The van der Waals surface area contributed by atoms with Crippen molar-refractivity contribution in [2.75, 3.05) is 0 Å². The average Bonchev–Trinajstić information content (AvgIpc) is 3.02. The molecule has 1 aromatic carbocycles. The highest BCUT2D eigenvalue weighted by Gasteiger charge is 2.38. The van der Waals surface area contributed by atoms with Crippen LogP contribution in [-0.2, 0) is 11.2 Å². The van der Waals surface area contributed by atoms with Crippen molar-refractivity contribution in [3.05, 3.63) is 60.2 Å². The topological polar surface area (TPSA) is 110 Å². The highest BCUT2D eigenvalue weighted by atomic mass is 16.4. The molecule has 1 saturated carbocycles. The summed E-state index contributed by atoms with van der Waals surface area (Å²) in [6.45, 7) is 0. The lowest BCUT2D eigenvalue weighted by Crippen LogP contribution is -2.19. The second kappa shape index (κ2) is 12.2. The Bertz CT molecular complexity index is 713. The number of benzene rings is 1. The summed E-state index contributed by atoms with van der Waals surface area (Å²) < 4.78 is 0. The zero-order chi connectivity index (χ0) is 21.1. The van der Waals surface area contributed by atoms with Crippen LogP contribution in [0, 0.1) is 11.8 Å². The van der Waals surface area contributed by atoms with Gasteiger partial charge in [0.15, 0.2) is 0 Å². The van der Waals surface area contributed by atoms with E-state index in [1.807, 2.05) is 48.6 Å². The fourth-order valence-corrected chi connectivity index (χ4v) is 3.70. The first kappa shape index (κ1) is 22.8. The predicted molar refractivity (Wildman–Crippen MR) is 112 cm³/mol. The molecular weight excluding hydrogens is 370 g/mol. The number of carboxylic acids is 1. The number of rotatable bonds is 11. The number of oxime groups is 1. The Morgan fingerprint density at radius 3 is 2.69 bits per heavy atom. The van der Waals surface area contributed by atoms with Crippen molar-refractivity contribution >= 4 is 11.7 Å². The molecule has 0 bridgehead atoms. The van der Waals surface area contributed by atoms with Gasteiger partial charge in [0.1, 0.15) is 0 Å². The first-order chi connectivity index (χ1) is 14.0. The maximum Gasteiger partial charge on any atom is 0.303 e. The first-order valence-electron chi connectivity index (χ1n) is 10.2. The third-order valence-electron chi connectivity index (χ3n) is 5.34. The lowest BCUT2D eigenvalue weighted by Gasteiger charge is -2.18. The fraction of sp³-hybridized carbons (Fsp3) is 0.478. The number of aryl methyl sites for hydroxylation is 1. The van der Waals surface area contributed by atoms with Crippen molar-refractivity contribution in [2.45, 2.75) is 57.2 Å². The van der Waals surface area contributed by atoms with Crippen LogP contribution in [0.1, 0.15) is 44.1 Å². The van der Waals surface area contributed by atoms with Crippen molar-refractivity contribution < 1.29 is 25.3 Å². The van der Waals surface area contributed by atoms with Gasteiger partial charge in [-0.05, 0) is 37.7 Å². The zero-order valence-electron chi connectivity index (χ0n) is 16.6. The molecule has 1 fully saturated rings. The third-order valence-corrected chi connectivity index (χ3v) is 5.34. The van der Waals surface area contributed by atoms with E-state index < -0.39 is 18.2 Å². The number of hydrogen-bond acceptors (Lipinski definition) is 5. The van der Waals surface area contributed by atoms with E-state index in [2.05, 4.69) is 5.16 Å². The van der Waals surface area contributed by atoms with Crippen LogP contribution in [0.3, 0.4) is 0 Å². The normalized spacial score (nSPS) is 24.6. The van der Waals surface area contributed by atoms with Crippen LogP contribution < -0.4 is 0 Å². The van der Waals surface area contributed by atoms with E-state index >= 15 is 0 Å². The van der Waals surface area contributed by atoms with E-state index in [1.54, 1.807) is 6.08 Å². The van der Waals surface area contributed by atoms with Gasteiger partial charge in [0.25, 0.3) is 0 Å². The molecule has 158 valence electrons. The molecule has 1 aliphatic rings. The Balaban J connectivity index is 1.89. The minimum Gasteiger partial charge on any atom is -0.481 e. The van der Waals surface area contributed by atoms with Crippen LogP contribution in [0.25, 0.3) is 0 Å². The quantitative estimate of drug-likeness (QED) is 0.196. The zero-order valence-corrected chi connectivity index (χ0v) is 16.6. The van der Waals surface area contributed by atoms with E-state index in [-0.39, 0.29) is 18.3 Å². The summed E-state index contributed by atoms with van der Waals surface area (Å²) in [5.41, 5.74) is 1.69. The lowest BCUT2D eigenvalue weighted by molar-refractivity contribution is -0.137. The number of aliphatic hydroxyl groups is 2. The summed E-state index contributed by atoms with van der Waals surface area (Å²) >= 11 is 0. The highest BCUT2D eigenvalue weighted by molar-refractivity contribution is 5.90. The number of carboxylic acid groups (broad SMARTS) is 1. The molecule has 0 amide bonds. The molecule has 4 atom stereocenters. The van der Waals surface area contributed by atoms with Crippen LogP contribution in [0.2, 0.25) is 0 Å². The summed E-state index contributed by atoms with van der Waals surface area (Å²) in [5.74, 6) is -1.16. The molecule has 6 heteroatoms. The van der Waals surface area contributed by atoms with Crippen molar-refractivity contribution in [1.29, 1.82) is 0 Å². The van der Waals surface area contributed by atoms with Gasteiger partial charge in [0.2, 0.25) is 0 Å². The van der Waals surface area contributed by atoms with Crippen LogP contribution in [0.5, 0.6) is 0 Å². The predicted octanol–water partition coefficient (Wildman–Crippen LogP) is 3.56. The number of nitrogens with zero attached hydrogens (tertiary/aromatic N) is 1. The number of carbonyl (C=O) groups is 1. The molecule has 0 aliphatic heterocycles. The molecular formula is C23H31NO5. The lowest BCUT2D eigenvalue weighted by atomic mass is 9.89. The molecule has 2 rings (SSSR count). The average molecular weight is 402 g/mol. The first-order valence-corrected chi connectivity index (χ1v) is 10.2. The molecule has 1 unspecified atom stereocenters. The van der Waals surface area contributed by atoms with Gasteiger partial charge in [-0.3, -0.25) is 4.79 Å². The van der Waals surface area contributed by atoms with Crippen molar-refractivity contribution in [1.82, 2.24) is 0 Å². The van der Waals surface area contributed by atoms with Gasteiger partial charge < -0.3 is 20.5 Å². The van der Waals surface area contributed by atoms with Crippen LogP contribution in [0.4, 0.5) is 0 Å². The largest absolute Gasteiger partial charge is 0.481 e. The fourth-order valence-electron chi connectivity index (χ4n) is 3.70. The van der Waals surface area contributed by atoms with Crippen LogP contribution in [-0.4, -0.2) is 44.4 Å². The molecule has 1 aromatic rings. The monoisotopic (exact) mass is 401 g/mol. The Labute approximate surface area is 171 Å². The number of aliphatic hydroxyl groups excluding tert-OH is 2. The molecule has 0 saturated heterocycles. The number of allylic oxidation sites excluding steroid dienone is 3. The molecule has 0 heterocycles. The van der Waals surface area contributed by atoms with Crippen molar-refractivity contribution in [3.8, 4) is 0 Å². The molecule has 0 spiro atoms. The minimum absolute atomic E-state index is 0.130. The van der Waals surface area contributed by atoms with Gasteiger partial charge >= 0.3 is 5.97 Å². The number of hydrogen-bond donors (Lipinski definition) is 4. The Morgan fingerprint density at radius 1 is 1.24 bits per heavy atom. The Hall–Kier alpha value is -2.44. The maximum absolute atomic E-state index is 10.5. The molecule has 1 aliphatic carbocycles. The van der Waals surface area contributed by atoms with Gasteiger partial charge in [-0.1, -0.05) is 59.8 Å². The highest BCUT2D eigenvalue weighted by Crippen LogP contribution is 2.34. The maximum atomic E-state index is 10.5. The van der Waals surface area contributed by atoms with Crippen molar-refractivity contribution in [2.24, 2.45) is 17.0 Å². The smallest absolute Gasteiger partial charge is 0.303 e. The molecule has 29 heavy (non-hydrogen) atoms. The van der Waals surface area contributed by atoms with E-state index in [9.17, 15) is 20.2 Å². The van der Waals surface area contributed by atoms with Crippen molar-refractivity contribution in [3.63, 3.8) is 0 Å². The summed E-state index contributed by atoms with van der Waals surface area (Å²) in [6, 6.07) is 9.96. The summed E-state index contributed by atoms with van der Waals surface area (Å²) in [4.78, 5) is 10.5. The van der Waals surface area contributed by atoms with E-state index in [1.165, 1.54) is 5.56 Å². The summed E-state index contributed by atoms with van der Waals surface area (Å²) in [5, 5.41) is 41.9. The van der Waals surface area contributed by atoms with Gasteiger partial charge in [0.05, 0.1) is 17.9 Å². The minimum atomic E-state index is -0.801. The number of aliphatic carboxylic acids is 1. The van der Waals surface area contributed by atoms with Crippen LogP contribution >= 0.6 is 0 Å². The molecule has 0 aromatic heterocycles. The van der Waals surface area contributed by atoms with Gasteiger partial charge in [-0.2, -0.15) is 0 Å². The standard InChI is InChI=1S/C23H31NO5/c25-18(13-12-17-8-4-3-5-9-17)14-15-19-20(22(26)16-21(19)24-29)10-6-1-2-7-11-23(27)28/h1,3-6,8-9,14-15,18-20,22,25-26,29H,2,7,10-13,16H2,(H,27,28)/b6-1-,15-14+,24-21-/t18?,19-,20-,22+/m1/s1. The van der Waals surface area contributed by atoms with Gasteiger partial charge in [-0.15, -0.1) is 0 Å². The number of unbranched alkanes of at least 4 members (excludes halogenated alkanes) is 1. The Morgan fingerprint density at radius 2 is 2.00 bits per heavy atom. The van der Waals surface area contributed by atoms with Gasteiger partial charge in [-0.25, -0.2) is 0 Å². The second-order valence-corrected chi connectivity index (χ2v) is 7.52. The van der Waals surface area contributed by atoms with Gasteiger partial charge in [0, 0.05) is 24.7 Å². The molecule has 6 nitrogen and oxygen atoms in total. The third kappa shape index (κ3) is 7.83. The van der Waals surface area contributed by atoms with E-state index in [4.69, 9.17) is 5.11 Å². The molecule has 0 radical (unpaired) electrons. The van der Waals surface area contributed by atoms with E-state index in [0.717, 1.165) is 6.42 Å². The Kier molecular flexibility index (Phi) is 9.60.